The van der Waals surface area contributed by atoms with E-state index in [1.165, 1.54) is 39.8 Å². The first-order chi connectivity index (χ1) is 21.9. The van der Waals surface area contributed by atoms with Crippen molar-refractivity contribution in [2.75, 3.05) is 16.0 Å². The second kappa shape index (κ2) is 11.9. The fourth-order valence-electron chi connectivity index (χ4n) is 4.65. The molecule has 0 unspecified atom stereocenters. The molecule has 1 aliphatic heterocycles. The van der Waals surface area contributed by atoms with E-state index in [-0.39, 0.29) is 22.7 Å². The molecule has 234 valence electrons. The van der Waals surface area contributed by atoms with Gasteiger partial charge in [0.25, 0.3) is 0 Å². The van der Waals surface area contributed by atoms with Crippen molar-refractivity contribution in [3.8, 4) is 22.8 Å². The van der Waals surface area contributed by atoms with Crippen LogP contribution in [-0.2, 0) is 4.79 Å². The van der Waals surface area contributed by atoms with Crippen molar-refractivity contribution >= 4 is 51.0 Å². The Morgan fingerprint density at radius 2 is 1.72 bits per heavy atom. The molecule has 4 aromatic carbocycles. The zero-order valence-corrected chi connectivity index (χ0v) is 24.4. The average Bonchev–Trinajstić information content (AvgIpc) is 3.65. The van der Waals surface area contributed by atoms with Crippen LogP contribution in [0.4, 0.5) is 38.1 Å². The van der Waals surface area contributed by atoms with Crippen LogP contribution in [0.1, 0.15) is 5.56 Å². The van der Waals surface area contributed by atoms with Crippen molar-refractivity contribution in [1.29, 1.82) is 0 Å². The number of aryl methyl sites for hydroxylation is 1. The van der Waals surface area contributed by atoms with Crippen LogP contribution in [0.3, 0.4) is 0 Å². The summed E-state index contributed by atoms with van der Waals surface area (Å²) >= 11 is 1.17. The molecule has 15 heteroatoms. The minimum atomic E-state index is -5.86. The third kappa shape index (κ3) is 6.13. The topological polar surface area (TPSA) is 102 Å². The number of amidine groups is 1. The highest BCUT2D eigenvalue weighted by Crippen LogP contribution is 2.37. The number of urea groups is 1. The Hall–Kier alpha value is -5.31. The minimum absolute atomic E-state index is 0.147. The molecule has 0 bridgehead atoms. The third-order valence-corrected chi connectivity index (χ3v) is 7.79. The number of fused-ring (bicyclic) bond motifs is 1. The summed E-state index contributed by atoms with van der Waals surface area (Å²) in [5.41, 5.74) is 2.69. The zero-order valence-electron chi connectivity index (χ0n) is 23.6. The molecule has 9 nitrogen and oxygen atoms in total. The van der Waals surface area contributed by atoms with Crippen molar-refractivity contribution < 1.29 is 36.3 Å². The molecule has 1 aromatic heterocycles. The van der Waals surface area contributed by atoms with Gasteiger partial charge in [0.2, 0.25) is 5.91 Å². The summed E-state index contributed by atoms with van der Waals surface area (Å²) in [7, 11) is 0. The Morgan fingerprint density at radius 1 is 0.978 bits per heavy atom. The number of amides is 3. The van der Waals surface area contributed by atoms with E-state index in [0.29, 0.717) is 28.2 Å². The first-order valence-corrected chi connectivity index (χ1v) is 14.5. The van der Waals surface area contributed by atoms with Crippen LogP contribution in [0.25, 0.3) is 27.8 Å². The lowest BCUT2D eigenvalue weighted by atomic mass is 10.1. The molecule has 1 aliphatic rings. The van der Waals surface area contributed by atoms with E-state index in [4.69, 9.17) is 0 Å². The van der Waals surface area contributed by atoms with Gasteiger partial charge in [-0.3, -0.25) is 9.69 Å². The van der Waals surface area contributed by atoms with E-state index in [1.54, 1.807) is 31.2 Å². The van der Waals surface area contributed by atoms with Gasteiger partial charge in [0.15, 0.2) is 11.0 Å². The predicted molar refractivity (Wildman–Crippen MR) is 164 cm³/mol. The first kappa shape index (κ1) is 30.7. The van der Waals surface area contributed by atoms with Crippen molar-refractivity contribution in [3.05, 3.63) is 96.8 Å². The molecule has 0 saturated carbocycles. The molecule has 1 fully saturated rings. The van der Waals surface area contributed by atoms with Crippen LogP contribution in [0.15, 0.2) is 96.2 Å². The lowest BCUT2D eigenvalue weighted by molar-refractivity contribution is -0.360. The molecule has 1 N–H and O–H groups in total. The molecule has 5 aromatic rings. The Bertz CT molecular complexity index is 1990. The van der Waals surface area contributed by atoms with Gasteiger partial charge in [-0.1, -0.05) is 48.2 Å². The van der Waals surface area contributed by atoms with Gasteiger partial charge in [-0.15, -0.1) is 5.10 Å². The van der Waals surface area contributed by atoms with Gasteiger partial charge < -0.3 is 10.1 Å². The van der Waals surface area contributed by atoms with Crippen molar-refractivity contribution in [2.45, 2.75) is 19.2 Å². The maximum atomic E-state index is 13.2. The Labute approximate surface area is 261 Å². The first-order valence-electron chi connectivity index (χ1n) is 13.5. The number of carbonyl (C=O) groups excluding carboxylic acids is 2. The molecule has 46 heavy (non-hydrogen) atoms. The molecule has 0 atom stereocenters. The van der Waals surface area contributed by atoms with E-state index in [9.17, 15) is 31.5 Å². The number of hydrogen-bond acceptors (Lipinski definition) is 6. The zero-order chi connectivity index (χ0) is 32.6. The highest BCUT2D eigenvalue weighted by molar-refractivity contribution is 8.15. The number of alkyl halides is 5. The van der Waals surface area contributed by atoms with Crippen LogP contribution >= 0.6 is 11.8 Å². The number of hydrogen-bond donors (Lipinski definition) is 1. The summed E-state index contributed by atoms with van der Waals surface area (Å²) < 4.78 is 68.7. The lowest BCUT2D eigenvalue weighted by Crippen LogP contribution is -2.41. The van der Waals surface area contributed by atoms with Crippen molar-refractivity contribution in [2.24, 2.45) is 4.99 Å². The van der Waals surface area contributed by atoms with Crippen LogP contribution < -0.4 is 15.0 Å². The molecular formula is C31H21F5N6O3S. The fraction of sp³-hybridized carbons (Fsp3) is 0.129. The number of carbonyl (C=O) groups is 2. The van der Waals surface area contributed by atoms with Gasteiger partial charge in [0.1, 0.15) is 12.1 Å². The van der Waals surface area contributed by atoms with Crippen molar-refractivity contribution in [1.82, 2.24) is 14.8 Å². The number of aromatic nitrogens is 3. The number of anilines is 2. The number of nitrogens with one attached hydrogen (secondary N) is 1. The predicted octanol–water partition coefficient (Wildman–Crippen LogP) is 7.60. The monoisotopic (exact) mass is 652 g/mol. The maximum Gasteiger partial charge on any atom is 0.499 e. The number of aliphatic imine (C=N–C) groups is 1. The number of rotatable bonds is 6. The van der Waals surface area contributed by atoms with E-state index in [2.05, 4.69) is 25.1 Å². The highest BCUT2D eigenvalue weighted by Gasteiger charge is 2.61. The molecule has 3 amide bonds. The second-order valence-electron chi connectivity index (χ2n) is 9.99. The number of nitrogens with zero attached hydrogens (tertiary/aromatic N) is 5. The van der Waals surface area contributed by atoms with Gasteiger partial charge in [-0.2, -0.15) is 26.9 Å². The number of benzene rings is 4. The Balaban J connectivity index is 1.15. The molecule has 1 saturated heterocycles. The molecule has 0 radical (unpaired) electrons. The lowest BCUT2D eigenvalue weighted by Gasteiger charge is -2.20. The summed E-state index contributed by atoms with van der Waals surface area (Å²) in [4.78, 5) is 35.6. The van der Waals surface area contributed by atoms with Crippen LogP contribution in [0.5, 0.6) is 5.75 Å². The normalized spacial score (nSPS) is 14.7. The highest BCUT2D eigenvalue weighted by atomic mass is 32.2. The fourth-order valence-corrected chi connectivity index (χ4v) is 5.51. The standard InChI is InChI=1S/C31H21F5N6O3S/c1-18-15-20(27-37-17-41(40-27)21-10-12-22(13-11-21)45-31(35,36)30(32,33)34)9-14-24(18)38-28(44)39-29-42(26(43)16-46-29)25-8-4-6-19-5-2-3-7-23(19)25/h2-15,17H,16H2,1H3,(H,38,44)/b39-29-. The molecule has 0 aliphatic carbocycles. The smallest absolute Gasteiger partial charge is 0.426 e. The van der Waals surface area contributed by atoms with E-state index in [0.717, 1.165) is 22.9 Å². The van der Waals surface area contributed by atoms with E-state index < -0.39 is 24.1 Å². The summed E-state index contributed by atoms with van der Waals surface area (Å²) in [6, 6.07) is 22.0. The second-order valence-corrected chi connectivity index (χ2v) is 10.9. The summed E-state index contributed by atoms with van der Waals surface area (Å²) in [5.74, 6) is -0.428. The Morgan fingerprint density at radius 3 is 2.46 bits per heavy atom. The number of thioether (sulfide) groups is 1. The van der Waals surface area contributed by atoms with Gasteiger partial charge in [0.05, 0.1) is 17.1 Å². The average molecular weight is 653 g/mol. The van der Waals surface area contributed by atoms with Crippen molar-refractivity contribution in [3.63, 3.8) is 0 Å². The molecular weight excluding hydrogens is 631 g/mol. The van der Waals surface area contributed by atoms with Gasteiger partial charge in [-0.25, -0.2) is 14.5 Å². The Kier molecular flexibility index (Phi) is 7.94. The summed E-state index contributed by atoms with van der Waals surface area (Å²) in [5, 5.41) is 9.15. The van der Waals surface area contributed by atoms with Crippen LogP contribution in [-0.4, -0.2) is 49.9 Å². The van der Waals surface area contributed by atoms with Gasteiger partial charge >= 0.3 is 18.3 Å². The van der Waals surface area contributed by atoms with Gasteiger partial charge in [-0.05, 0) is 66.4 Å². The van der Waals surface area contributed by atoms with Gasteiger partial charge in [0, 0.05) is 16.6 Å². The SMILES string of the molecule is Cc1cc(-c2ncn(-c3ccc(OC(F)(F)C(F)(F)F)cc3)n2)ccc1NC(=O)/N=C1\SCC(=O)N1c1cccc2ccccc12. The summed E-state index contributed by atoms with van der Waals surface area (Å²) in [6.07, 6.45) is -9.85. The largest absolute Gasteiger partial charge is 0.499 e. The third-order valence-electron chi connectivity index (χ3n) is 6.87. The minimum Gasteiger partial charge on any atom is -0.426 e. The van der Waals surface area contributed by atoms with E-state index in [1.807, 2.05) is 36.4 Å². The number of halogens is 5. The summed E-state index contributed by atoms with van der Waals surface area (Å²) in [6.45, 7) is 1.76. The molecule has 2 heterocycles. The van der Waals surface area contributed by atoms with Crippen LogP contribution in [0, 0.1) is 6.92 Å². The van der Waals surface area contributed by atoms with E-state index >= 15 is 0 Å². The number of ether oxygens (including phenoxy) is 1. The van der Waals surface area contributed by atoms with Crippen LogP contribution in [0.2, 0.25) is 0 Å². The quantitative estimate of drug-likeness (QED) is 0.190. The molecule has 6 rings (SSSR count). The maximum absolute atomic E-state index is 13.2. The molecule has 0 spiro atoms.